The molecule has 0 saturated carbocycles. The fraction of sp³-hybridized carbons (Fsp3) is 0.118. The Bertz CT molecular complexity index is 863. The molecular weight excluding hydrogens is 354 g/mol. The lowest BCUT2D eigenvalue weighted by molar-refractivity contribution is -0.283. The molecule has 2 aromatic rings. The molecule has 1 atom stereocenters. The molecule has 1 aliphatic rings. The molecule has 0 aliphatic carbocycles. The zero-order valence-electron chi connectivity index (χ0n) is 13.1. The summed E-state index contributed by atoms with van der Waals surface area (Å²) in [6.45, 7) is 0. The van der Waals surface area contributed by atoms with Crippen molar-refractivity contribution in [1.29, 1.82) is 0 Å². The minimum atomic E-state index is -5.18. The average molecular weight is 367 g/mol. The molecule has 5 nitrogen and oxygen atoms in total. The number of halogens is 4. The fourth-order valence-electron chi connectivity index (χ4n) is 2.45. The van der Waals surface area contributed by atoms with Crippen LogP contribution in [0.3, 0.4) is 0 Å². The van der Waals surface area contributed by atoms with Gasteiger partial charge in [0, 0.05) is 17.3 Å². The predicted octanol–water partition coefficient (Wildman–Crippen LogP) is 2.66. The van der Waals surface area contributed by atoms with E-state index >= 15 is 0 Å². The van der Waals surface area contributed by atoms with E-state index in [1.807, 2.05) is 0 Å². The summed E-state index contributed by atoms with van der Waals surface area (Å²) in [6, 6.07) is 9.74. The number of amides is 1. The summed E-state index contributed by atoms with van der Waals surface area (Å²) < 4.78 is 53.5. The molecule has 136 valence electrons. The van der Waals surface area contributed by atoms with E-state index in [2.05, 4.69) is 5.43 Å². The Hall–Kier alpha value is -3.07. The largest absolute Gasteiger partial charge is 0.442 e. The van der Waals surface area contributed by atoms with Crippen LogP contribution < -0.4 is 11.2 Å². The molecule has 0 radical (unpaired) electrons. The number of nitrogens with two attached hydrogens (primary N) is 1. The van der Waals surface area contributed by atoms with Gasteiger partial charge in [0.15, 0.2) is 0 Å². The van der Waals surface area contributed by atoms with Gasteiger partial charge in [-0.25, -0.2) is 9.40 Å². The lowest BCUT2D eigenvalue weighted by Crippen LogP contribution is -2.60. The first-order chi connectivity index (χ1) is 12.1. The molecule has 1 amide bonds. The van der Waals surface area contributed by atoms with Crippen LogP contribution in [0.2, 0.25) is 0 Å². The first-order valence-electron chi connectivity index (χ1n) is 7.36. The maximum Gasteiger partial charge on any atom is 0.442 e. The Morgan fingerprint density at radius 2 is 1.65 bits per heavy atom. The SMILES string of the molecule is Nc1ccc(C(=O)N2NC(c3ccc(F)cc3)=C[C@@]2(O)C(F)(F)F)cc1. The molecule has 26 heavy (non-hydrogen) atoms. The van der Waals surface area contributed by atoms with Crippen LogP contribution in [0.5, 0.6) is 0 Å². The topological polar surface area (TPSA) is 78.6 Å². The Kier molecular flexibility index (Phi) is 4.11. The number of nitrogens with zero attached hydrogens (tertiary/aromatic N) is 1. The molecule has 0 spiro atoms. The van der Waals surface area contributed by atoms with Gasteiger partial charge < -0.3 is 10.8 Å². The summed E-state index contributed by atoms with van der Waals surface area (Å²) in [5.74, 6) is -1.69. The van der Waals surface area contributed by atoms with E-state index in [4.69, 9.17) is 5.73 Å². The van der Waals surface area contributed by atoms with Gasteiger partial charge in [-0.3, -0.25) is 10.2 Å². The summed E-state index contributed by atoms with van der Waals surface area (Å²) in [5, 5.41) is 10.3. The quantitative estimate of drug-likeness (QED) is 0.563. The maximum absolute atomic E-state index is 13.5. The summed E-state index contributed by atoms with van der Waals surface area (Å²) in [6.07, 6.45) is -4.71. The van der Waals surface area contributed by atoms with E-state index < -0.39 is 23.6 Å². The molecule has 1 aliphatic heterocycles. The minimum absolute atomic E-state index is 0.0806. The van der Waals surface area contributed by atoms with Crippen molar-refractivity contribution in [2.75, 3.05) is 5.73 Å². The van der Waals surface area contributed by atoms with E-state index in [0.29, 0.717) is 11.8 Å². The van der Waals surface area contributed by atoms with Crippen LogP contribution in [0.1, 0.15) is 15.9 Å². The zero-order valence-corrected chi connectivity index (χ0v) is 13.1. The number of alkyl halides is 3. The van der Waals surface area contributed by atoms with Crippen LogP contribution in [-0.2, 0) is 0 Å². The van der Waals surface area contributed by atoms with E-state index in [0.717, 1.165) is 12.1 Å². The number of hydrogen-bond acceptors (Lipinski definition) is 4. The van der Waals surface area contributed by atoms with Crippen molar-refractivity contribution >= 4 is 17.3 Å². The molecule has 1 heterocycles. The number of hydrazine groups is 1. The standard InChI is InChI=1S/C17H13F4N3O2/c18-12-5-1-10(2-6-12)14-9-16(26,17(19,20)21)24(23-14)15(25)11-3-7-13(22)8-4-11/h1-9,23,26H,22H2/t16-/m1/s1. The summed E-state index contributed by atoms with van der Waals surface area (Å²) in [4.78, 5) is 12.5. The van der Waals surface area contributed by atoms with Crippen LogP contribution >= 0.6 is 0 Å². The molecule has 0 fully saturated rings. The highest BCUT2D eigenvalue weighted by Gasteiger charge is 2.61. The second kappa shape index (κ2) is 6.03. The first kappa shape index (κ1) is 17.7. The molecule has 0 bridgehead atoms. The van der Waals surface area contributed by atoms with Gasteiger partial charge in [0.25, 0.3) is 11.6 Å². The molecular formula is C17H13F4N3O2. The summed E-state index contributed by atoms with van der Waals surface area (Å²) >= 11 is 0. The first-order valence-corrected chi connectivity index (χ1v) is 7.36. The van der Waals surface area contributed by atoms with Gasteiger partial charge in [0.2, 0.25) is 0 Å². The highest BCUT2D eigenvalue weighted by Crippen LogP contribution is 2.40. The third-order valence-corrected chi connectivity index (χ3v) is 3.85. The maximum atomic E-state index is 13.5. The van der Waals surface area contributed by atoms with Crippen LogP contribution in [-0.4, -0.2) is 27.9 Å². The Labute approximate surface area is 145 Å². The lowest BCUT2D eigenvalue weighted by Gasteiger charge is -2.33. The number of carbonyl (C=O) groups excluding carboxylic acids is 1. The summed E-state index contributed by atoms with van der Waals surface area (Å²) in [5.41, 5.74) is 4.39. The van der Waals surface area contributed by atoms with Crippen molar-refractivity contribution in [3.8, 4) is 0 Å². The number of anilines is 1. The van der Waals surface area contributed by atoms with Gasteiger partial charge in [0.05, 0.1) is 5.70 Å². The van der Waals surface area contributed by atoms with Crippen molar-refractivity contribution in [3.63, 3.8) is 0 Å². The Balaban J connectivity index is 2.01. The van der Waals surface area contributed by atoms with Crippen LogP contribution in [0.4, 0.5) is 23.2 Å². The highest BCUT2D eigenvalue weighted by atomic mass is 19.4. The lowest BCUT2D eigenvalue weighted by atomic mass is 10.1. The van der Waals surface area contributed by atoms with Crippen LogP contribution in [0, 0.1) is 5.82 Å². The van der Waals surface area contributed by atoms with Crippen molar-refractivity contribution < 1.29 is 27.5 Å². The van der Waals surface area contributed by atoms with Gasteiger partial charge in [-0.1, -0.05) is 0 Å². The van der Waals surface area contributed by atoms with Gasteiger partial charge in [-0.2, -0.15) is 13.2 Å². The predicted molar refractivity (Wildman–Crippen MR) is 85.5 cm³/mol. The van der Waals surface area contributed by atoms with Crippen molar-refractivity contribution in [2.45, 2.75) is 11.9 Å². The van der Waals surface area contributed by atoms with Crippen LogP contribution in [0.15, 0.2) is 54.6 Å². The monoisotopic (exact) mass is 367 g/mol. The second-order valence-corrected chi connectivity index (χ2v) is 5.66. The average Bonchev–Trinajstić information content (AvgIpc) is 2.94. The number of hydrogen-bond donors (Lipinski definition) is 3. The van der Waals surface area contributed by atoms with Gasteiger partial charge >= 0.3 is 6.18 Å². The fourth-order valence-corrected chi connectivity index (χ4v) is 2.45. The summed E-state index contributed by atoms with van der Waals surface area (Å²) in [7, 11) is 0. The van der Waals surface area contributed by atoms with Crippen molar-refractivity contribution in [1.82, 2.24) is 10.4 Å². The van der Waals surface area contributed by atoms with Gasteiger partial charge in [-0.15, -0.1) is 0 Å². The van der Waals surface area contributed by atoms with Gasteiger partial charge in [-0.05, 0) is 54.1 Å². The molecule has 9 heteroatoms. The Morgan fingerprint density at radius 1 is 1.08 bits per heavy atom. The van der Waals surface area contributed by atoms with Crippen molar-refractivity contribution in [3.05, 3.63) is 71.6 Å². The smallest absolute Gasteiger partial charge is 0.399 e. The van der Waals surface area contributed by atoms with E-state index in [1.54, 1.807) is 0 Å². The number of carbonyl (C=O) groups is 1. The molecule has 0 aromatic heterocycles. The third kappa shape index (κ3) is 2.97. The zero-order chi connectivity index (χ0) is 19.1. The number of rotatable bonds is 2. The number of benzene rings is 2. The van der Waals surface area contributed by atoms with Gasteiger partial charge in [0.1, 0.15) is 5.82 Å². The van der Waals surface area contributed by atoms with Crippen LogP contribution in [0.25, 0.3) is 5.70 Å². The molecule has 3 rings (SSSR count). The number of nitrogens with one attached hydrogen (secondary N) is 1. The molecule has 4 N–H and O–H groups in total. The molecule has 2 aromatic carbocycles. The third-order valence-electron chi connectivity index (χ3n) is 3.85. The number of nitrogen functional groups attached to an aromatic ring is 1. The second-order valence-electron chi connectivity index (χ2n) is 5.66. The Morgan fingerprint density at radius 3 is 2.19 bits per heavy atom. The minimum Gasteiger partial charge on any atom is -0.399 e. The van der Waals surface area contributed by atoms with Crippen molar-refractivity contribution in [2.24, 2.45) is 0 Å². The normalized spacial score (nSPS) is 19.9. The highest BCUT2D eigenvalue weighted by molar-refractivity contribution is 5.96. The molecule has 0 unspecified atom stereocenters. The van der Waals surface area contributed by atoms with E-state index in [9.17, 15) is 27.5 Å². The number of aliphatic hydroxyl groups is 1. The van der Waals surface area contributed by atoms with E-state index in [-0.39, 0.29) is 21.8 Å². The molecule has 0 saturated heterocycles. The van der Waals surface area contributed by atoms with E-state index in [1.165, 1.54) is 36.4 Å².